The minimum atomic E-state index is -1.08. The third-order valence-electron chi connectivity index (χ3n) is 6.56. The minimum absolute atomic E-state index is 0.103. The number of aliphatic carboxylic acids is 1. The quantitative estimate of drug-likeness (QED) is 0.409. The molecule has 0 spiro atoms. The highest BCUT2D eigenvalue weighted by molar-refractivity contribution is 6.31. The lowest BCUT2D eigenvalue weighted by Gasteiger charge is -2.25. The molecule has 3 aromatic rings. The maximum atomic E-state index is 13.3. The number of carbonyl (C=O) groups excluding carboxylic acids is 1. The zero-order valence-corrected chi connectivity index (χ0v) is 21.9. The van der Waals surface area contributed by atoms with Gasteiger partial charge in [0.15, 0.2) is 0 Å². The van der Waals surface area contributed by atoms with Crippen molar-refractivity contribution in [3.63, 3.8) is 0 Å². The number of ether oxygens (including phenoxy) is 1. The Kier molecular flexibility index (Phi) is 7.14. The average molecular weight is 506 g/mol. The van der Waals surface area contributed by atoms with Gasteiger partial charge in [-0.3, -0.25) is 9.59 Å². The lowest BCUT2D eigenvalue weighted by Crippen LogP contribution is -2.35. The fraction of sp³-hybridized carbons (Fsp3) is 0.333. The summed E-state index contributed by atoms with van der Waals surface area (Å²) >= 11 is 6.26. The van der Waals surface area contributed by atoms with E-state index in [0.29, 0.717) is 22.6 Å². The largest absolute Gasteiger partial charge is 0.487 e. The summed E-state index contributed by atoms with van der Waals surface area (Å²) in [6.07, 6.45) is 1.40. The average Bonchev–Trinajstić information content (AvgIpc) is 3.13. The maximum Gasteiger partial charge on any atom is 0.323 e. The molecule has 3 aromatic carbocycles. The van der Waals surface area contributed by atoms with Crippen LogP contribution in [0.1, 0.15) is 60.3 Å². The summed E-state index contributed by atoms with van der Waals surface area (Å²) in [4.78, 5) is 26.1. The molecule has 36 heavy (non-hydrogen) atoms. The Morgan fingerprint density at radius 3 is 2.39 bits per heavy atom. The first-order valence-corrected chi connectivity index (χ1v) is 12.5. The predicted molar refractivity (Wildman–Crippen MR) is 142 cm³/mol. The van der Waals surface area contributed by atoms with Crippen molar-refractivity contribution >= 4 is 23.5 Å². The van der Waals surface area contributed by atoms with Crippen molar-refractivity contribution in [1.29, 1.82) is 0 Å². The number of amides is 1. The number of rotatable bonds is 7. The number of hydrogen-bond donors (Lipinski definition) is 1. The van der Waals surface area contributed by atoms with E-state index in [1.807, 2.05) is 18.2 Å². The second-order valence-corrected chi connectivity index (χ2v) is 11.2. The first kappa shape index (κ1) is 25.8. The summed E-state index contributed by atoms with van der Waals surface area (Å²) in [5.41, 5.74) is 4.24. The SMILES string of the molecule is CC(C)(C)c1ccc(C[C@]2(C)Cc3cc(C(=O)N(CC(=O)O)Cc4ccccc4Cl)ccc3O2)cc1. The van der Waals surface area contributed by atoms with Gasteiger partial charge in [-0.05, 0) is 58.9 Å². The summed E-state index contributed by atoms with van der Waals surface area (Å²) in [5, 5.41) is 9.90. The Labute approximate surface area is 217 Å². The molecule has 1 aliphatic rings. The molecule has 1 heterocycles. The van der Waals surface area contributed by atoms with Crippen LogP contribution in [0.4, 0.5) is 0 Å². The number of carboxylic acids is 1. The van der Waals surface area contributed by atoms with Crippen molar-refractivity contribution in [3.8, 4) is 5.75 Å². The van der Waals surface area contributed by atoms with Crippen molar-refractivity contribution < 1.29 is 19.4 Å². The van der Waals surface area contributed by atoms with Crippen LogP contribution < -0.4 is 4.74 Å². The normalized spacial score (nSPS) is 16.8. The van der Waals surface area contributed by atoms with Crippen LogP contribution >= 0.6 is 11.6 Å². The van der Waals surface area contributed by atoms with Crippen molar-refractivity contribution in [3.05, 3.63) is 99.6 Å². The van der Waals surface area contributed by atoms with Gasteiger partial charge in [-0.2, -0.15) is 0 Å². The monoisotopic (exact) mass is 505 g/mol. The molecule has 0 radical (unpaired) electrons. The van der Waals surface area contributed by atoms with E-state index in [1.54, 1.807) is 24.3 Å². The van der Waals surface area contributed by atoms with E-state index in [9.17, 15) is 14.7 Å². The molecule has 0 bridgehead atoms. The van der Waals surface area contributed by atoms with Crippen molar-refractivity contribution in [2.75, 3.05) is 6.54 Å². The van der Waals surface area contributed by atoms with E-state index in [0.717, 1.165) is 17.7 Å². The third kappa shape index (κ3) is 5.90. The van der Waals surface area contributed by atoms with Crippen molar-refractivity contribution in [2.24, 2.45) is 0 Å². The van der Waals surface area contributed by atoms with Gasteiger partial charge < -0.3 is 14.7 Å². The van der Waals surface area contributed by atoms with Gasteiger partial charge in [0.25, 0.3) is 5.91 Å². The summed E-state index contributed by atoms with van der Waals surface area (Å²) < 4.78 is 6.33. The van der Waals surface area contributed by atoms with Gasteiger partial charge >= 0.3 is 5.97 Å². The van der Waals surface area contributed by atoms with E-state index in [-0.39, 0.29) is 17.9 Å². The summed E-state index contributed by atoms with van der Waals surface area (Å²) in [5.74, 6) is -0.673. The van der Waals surface area contributed by atoms with E-state index in [4.69, 9.17) is 16.3 Å². The van der Waals surface area contributed by atoms with Gasteiger partial charge in [-0.15, -0.1) is 0 Å². The maximum absolute atomic E-state index is 13.3. The Bertz CT molecular complexity index is 1280. The number of carboxylic acid groups (broad SMARTS) is 1. The van der Waals surface area contributed by atoms with E-state index in [2.05, 4.69) is 52.0 Å². The fourth-order valence-electron chi connectivity index (χ4n) is 4.69. The first-order chi connectivity index (χ1) is 16.9. The molecular formula is C30H32ClNO4. The van der Waals surface area contributed by atoms with Crippen molar-refractivity contribution in [1.82, 2.24) is 4.90 Å². The molecule has 0 aromatic heterocycles. The van der Waals surface area contributed by atoms with Crippen LogP contribution in [0.5, 0.6) is 5.75 Å². The zero-order chi connectivity index (χ0) is 26.1. The van der Waals surface area contributed by atoms with Gasteiger partial charge in [0.05, 0.1) is 0 Å². The molecule has 6 heteroatoms. The zero-order valence-electron chi connectivity index (χ0n) is 21.2. The molecule has 4 rings (SSSR count). The first-order valence-electron chi connectivity index (χ1n) is 12.1. The van der Waals surface area contributed by atoms with Gasteiger partial charge in [0.2, 0.25) is 0 Å². The molecule has 1 amide bonds. The molecule has 0 aliphatic carbocycles. The number of halogens is 1. The number of nitrogens with zero attached hydrogens (tertiary/aromatic N) is 1. The highest BCUT2D eigenvalue weighted by Crippen LogP contribution is 2.38. The van der Waals surface area contributed by atoms with Crippen LogP contribution in [0.15, 0.2) is 66.7 Å². The highest BCUT2D eigenvalue weighted by Gasteiger charge is 2.36. The smallest absolute Gasteiger partial charge is 0.323 e. The van der Waals surface area contributed by atoms with Crippen LogP contribution in [0, 0.1) is 0 Å². The van der Waals surface area contributed by atoms with Crippen LogP contribution in [0.2, 0.25) is 5.02 Å². The molecular weight excluding hydrogens is 474 g/mol. The lowest BCUT2D eigenvalue weighted by atomic mass is 9.85. The number of carbonyl (C=O) groups is 2. The Morgan fingerprint density at radius 1 is 1.06 bits per heavy atom. The van der Waals surface area contributed by atoms with Crippen LogP contribution in [-0.2, 0) is 29.6 Å². The van der Waals surface area contributed by atoms with E-state index < -0.39 is 18.1 Å². The molecule has 188 valence electrons. The minimum Gasteiger partial charge on any atom is -0.487 e. The predicted octanol–water partition coefficient (Wildman–Crippen LogP) is 6.30. The molecule has 5 nitrogen and oxygen atoms in total. The highest BCUT2D eigenvalue weighted by atomic mass is 35.5. The summed E-state index contributed by atoms with van der Waals surface area (Å²) in [7, 11) is 0. The van der Waals surface area contributed by atoms with Crippen LogP contribution in [0.3, 0.4) is 0 Å². The molecule has 0 saturated heterocycles. The summed E-state index contributed by atoms with van der Waals surface area (Å²) in [6, 6.07) is 21.1. The van der Waals surface area contributed by atoms with E-state index in [1.165, 1.54) is 16.0 Å². The van der Waals surface area contributed by atoms with Crippen LogP contribution in [-0.4, -0.2) is 34.0 Å². The summed E-state index contributed by atoms with van der Waals surface area (Å²) in [6.45, 7) is 8.38. The Morgan fingerprint density at radius 2 is 1.75 bits per heavy atom. The van der Waals surface area contributed by atoms with Gasteiger partial charge in [0, 0.05) is 30.0 Å². The topological polar surface area (TPSA) is 66.8 Å². The van der Waals surface area contributed by atoms with Gasteiger partial charge in [-0.25, -0.2) is 0 Å². The lowest BCUT2D eigenvalue weighted by molar-refractivity contribution is -0.137. The molecule has 1 atom stereocenters. The number of fused-ring (bicyclic) bond motifs is 1. The van der Waals surface area contributed by atoms with Gasteiger partial charge in [0.1, 0.15) is 17.9 Å². The molecule has 0 unspecified atom stereocenters. The number of hydrogen-bond acceptors (Lipinski definition) is 3. The second kappa shape index (κ2) is 9.98. The third-order valence-corrected chi connectivity index (χ3v) is 6.93. The Hall–Kier alpha value is -3.31. The molecule has 1 N–H and O–H groups in total. The molecule has 0 fully saturated rings. The Balaban J connectivity index is 1.51. The molecule has 0 saturated carbocycles. The van der Waals surface area contributed by atoms with Crippen molar-refractivity contribution in [2.45, 2.75) is 58.1 Å². The van der Waals surface area contributed by atoms with E-state index >= 15 is 0 Å². The van der Waals surface area contributed by atoms with Crippen LogP contribution in [0.25, 0.3) is 0 Å². The fourth-order valence-corrected chi connectivity index (χ4v) is 4.88. The van der Waals surface area contributed by atoms with Gasteiger partial charge in [-0.1, -0.05) is 74.8 Å². The standard InChI is InChI=1S/C30H32ClNO4/c1-29(2,3)24-12-9-20(10-13-24)16-30(4)17-23-15-21(11-14-26(23)36-30)28(35)32(19-27(33)34)18-22-7-5-6-8-25(22)31/h5-15H,16-19H2,1-4H3,(H,33,34)/t30-/m1/s1. The second-order valence-electron chi connectivity index (χ2n) is 10.8. The number of benzene rings is 3. The molecule has 1 aliphatic heterocycles.